The number of nitrogens with zero attached hydrogens (tertiary/aromatic N) is 1. The summed E-state index contributed by atoms with van der Waals surface area (Å²) in [4.78, 5) is 23.9. The second-order valence-corrected chi connectivity index (χ2v) is 5.47. The van der Waals surface area contributed by atoms with E-state index in [1.807, 2.05) is 0 Å². The molecule has 5 nitrogen and oxygen atoms in total. The van der Waals surface area contributed by atoms with Crippen LogP contribution < -0.4 is 5.32 Å². The van der Waals surface area contributed by atoms with Crippen LogP contribution in [0.4, 0.5) is 4.79 Å². The predicted molar refractivity (Wildman–Crippen MR) is 60.2 cm³/mol. The highest BCUT2D eigenvalue weighted by Gasteiger charge is 2.38. The molecule has 1 aliphatic rings. The number of carboxylic acids is 1. The highest BCUT2D eigenvalue weighted by Crippen LogP contribution is 2.25. The second-order valence-electron chi connectivity index (χ2n) is 5.47. The largest absolute Gasteiger partial charge is 0.481 e. The molecule has 2 atom stereocenters. The number of amides is 2. The molecule has 0 aromatic carbocycles. The predicted octanol–water partition coefficient (Wildman–Crippen LogP) is 1.29. The summed E-state index contributed by atoms with van der Waals surface area (Å²) in [5.41, 5.74) is -0.00659. The molecule has 1 heterocycles. The third-order valence-corrected chi connectivity index (χ3v) is 2.99. The van der Waals surface area contributed by atoms with Gasteiger partial charge in [0.05, 0.1) is 12.5 Å². The summed E-state index contributed by atoms with van der Waals surface area (Å²) in [5.74, 6) is -0.875. The zero-order valence-corrected chi connectivity index (χ0v) is 10.3. The summed E-state index contributed by atoms with van der Waals surface area (Å²) in [6.07, 6.45) is -0.00964. The summed E-state index contributed by atoms with van der Waals surface area (Å²) in [6.45, 7) is 8.52. The van der Waals surface area contributed by atoms with Crippen LogP contribution in [0, 0.1) is 5.41 Å². The number of hydrogen-bond acceptors (Lipinski definition) is 2. The van der Waals surface area contributed by atoms with Crippen LogP contribution >= 0.6 is 0 Å². The van der Waals surface area contributed by atoms with Crippen molar-refractivity contribution in [3.05, 3.63) is 0 Å². The van der Waals surface area contributed by atoms with E-state index in [-0.39, 0.29) is 30.0 Å². The smallest absolute Gasteiger partial charge is 0.318 e. The minimum atomic E-state index is -0.875. The molecule has 0 bridgehead atoms. The summed E-state index contributed by atoms with van der Waals surface area (Å²) in [7, 11) is 0. The van der Waals surface area contributed by atoms with Gasteiger partial charge in [-0.15, -0.1) is 0 Å². The summed E-state index contributed by atoms with van der Waals surface area (Å²) in [6, 6.07) is -0.338. The number of aliphatic carboxylic acids is 1. The molecule has 1 saturated heterocycles. The van der Waals surface area contributed by atoms with Gasteiger partial charge >= 0.3 is 12.0 Å². The Kier molecular flexibility index (Phi) is 3.45. The SMILES string of the molecule is CC(CC(=O)O)N1CC(C(C)(C)C)NC1=O. The van der Waals surface area contributed by atoms with Crippen molar-refractivity contribution in [2.24, 2.45) is 5.41 Å². The highest BCUT2D eigenvalue weighted by atomic mass is 16.4. The highest BCUT2D eigenvalue weighted by molar-refractivity contribution is 5.78. The van der Waals surface area contributed by atoms with Gasteiger partial charge in [0, 0.05) is 12.6 Å². The zero-order chi connectivity index (χ0) is 12.5. The van der Waals surface area contributed by atoms with Crippen LogP contribution in [-0.2, 0) is 4.79 Å². The number of rotatable bonds is 3. The van der Waals surface area contributed by atoms with E-state index in [1.165, 1.54) is 0 Å². The molecule has 2 unspecified atom stereocenters. The molecule has 5 heteroatoms. The van der Waals surface area contributed by atoms with E-state index in [9.17, 15) is 9.59 Å². The number of hydrogen-bond donors (Lipinski definition) is 2. The molecule has 0 aromatic heterocycles. The van der Waals surface area contributed by atoms with Crippen molar-refractivity contribution >= 4 is 12.0 Å². The van der Waals surface area contributed by atoms with E-state index in [2.05, 4.69) is 26.1 Å². The fraction of sp³-hybridized carbons (Fsp3) is 0.818. The van der Waals surface area contributed by atoms with Gasteiger partial charge < -0.3 is 15.3 Å². The molecule has 92 valence electrons. The maximum Gasteiger partial charge on any atom is 0.318 e. The van der Waals surface area contributed by atoms with E-state index in [0.29, 0.717) is 6.54 Å². The van der Waals surface area contributed by atoms with Crippen molar-refractivity contribution in [1.29, 1.82) is 0 Å². The third kappa shape index (κ3) is 2.87. The summed E-state index contributed by atoms with van der Waals surface area (Å²) < 4.78 is 0. The fourth-order valence-electron chi connectivity index (χ4n) is 1.79. The van der Waals surface area contributed by atoms with Crippen LogP contribution in [0.5, 0.6) is 0 Å². The lowest BCUT2D eigenvalue weighted by molar-refractivity contribution is -0.137. The first-order valence-corrected chi connectivity index (χ1v) is 5.50. The summed E-state index contributed by atoms with van der Waals surface area (Å²) >= 11 is 0. The topological polar surface area (TPSA) is 69.6 Å². The lowest BCUT2D eigenvalue weighted by atomic mass is 9.87. The van der Waals surface area contributed by atoms with E-state index < -0.39 is 5.97 Å². The van der Waals surface area contributed by atoms with Crippen molar-refractivity contribution in [3.63, 3.8) is 0 Å². The third-order valence-electron chi connectivity index (χ3n) is 2.99. The molecule has 1 aliphatic heterocycles. The van der Waals surface area contributed by atoms with Crippen molar-refractivity contribution in [2.75, 3.05) is 6.54 Å². The first kappa shape index (κ1) is 12.8. The van der Waals surface area contributed by atoms with E-state index >= 15 is 0 Å². The van der Waals surface area contributed by atoms with Crippen molar-refractivity contribution in [1.82, 2.24) is 10.2 Å². The van der Waals surface area contributed by atoms with Crippen LogP contribution in [0.1, 0.15) is 34.1 Å². The first-order valence-electron chi connectivity index (χ1n) is 5.50. The molecule has 0 radical (unpaired) electrons. The second kappa shape index (κ2) is 4.31. The van der Waals surface area contributed by atoms with E-state index in [1.54, 1.807) is 11.8 Å². The Morgan fingerprint density at radius 3 is 2.56 bits per heavy atom. The monoisotopic (exact) mass is 228 g/mol. The first-order chi connectivity index (χ1) is 7.21. The maximum atomic E-state index is 11.7. The van der Waals surface area contributed by atoms with Gasteiger partial charge in [0.15, 0.2) is 0 Å². The Bertz CT molecular complexity index is 296. The molecule has 2 N–H and O–H groups in total. The van der Waals surface area contributed by atoms with Gasteiger partial charge in [0.2, 0.25) is 0 Å². The normalized spacial score (nSPS) is 23.1. The van der Waals surface area contributed by atoms with Gasteiger partial charge in [0.1, 0.15) is 0 Å². The molecule has 1 rings (SSSR count). The lowest BCUT2D eigenvalue weighted by Gasteiger charge is -2.27. The molecule has 0 saturated carbocycles. The molecular formula is C11H20N2O3. The van der Waals surface area contributed by atoms with Gasteiger partial charge in [0.25, 0.3) is 0 Å². The van der Waals surface area contributed by atoms with Crippen LogP contribution in [0.2, 0.25) is 0 Å². The van der Waals surface area contributed by atoms with Gasteiger partial charge in [-0.3, -0.25) is 4.79 Å². The molecule has 2 amide bonds. The minimum Gasteiger partial charge on any atom is -0.481 e. The number of urea groups is 1. The van der Waals surface area contributed by atoms with Crippen molar-refractivity contribution < 1.29 is 14.7 Å². The Balaban J connectivity index is 2.64. The van der Waals surface area contributed by atoms with E-state index in [0.717, 1.165) is 0 Å². The Morgan fingerprint density at radius 2 is 2.19 bits per heavy atom. The molecule has 16 heavy (non-hydrogen) atoms. The quantitative estimate of drug-likeness (QED) is 0.764. The zero-order valence-electron chi connectivity index (χ0n) is 10.3. The average molecular weight is 228 g/mol. The molecule has 1 fully saturated rings. The summed E-state index contributed by atoms with van der Waals surface area (Å²) in [5, 5.41) is 11.6. The van der Waals surface area contributed by atoms with Gasteiger partial charge in [-0.25, -0.2) is 4.79 Å². The maximum absolute atomic E-state index is 11.7. The van der Waals surface area contributed by atoms with Gasteiger partial charge in [-0.2, -0.15) is 0 Å². The molecule has 0 aliphatic carbocycles. The number of carbonyl (C=O) groups excluding carboxylic acids is 1. The average Bonchev–Trinajstić information content (AvgIpc) is 2.44. The van der Waals surface area contributed by atoms with Crippen LogP contribution in [0.15, 0.2) is 0 Å². The van der Waals surface area contributed by atoms with Gasteiger partial charge in [-0.05, 0) is 12.3 Å². The molecular weight excluding hydrogens is 208 g/mol. The van der Waals surface area contributed by atoms with Gasteiger partial charge in [-0.1, -0.05) is 20.8 Å². The van der Waals surface area contributed by atoms with Crippen molar-refractivity contribution in [3.8, 4) is 0 Å². The number of nitrogens with one attached hydrogen (secondary N) is 1. The number of carboxylic acid groups (broad SMARTS) is 1. The van der Waals surface area contributed by atoms with Crippen LogP contribution in [-0.4, -0.2) is 40.6 Å². The standard InChI is InChI=1S/C11H20N2O3/c1-7(5-9(14)15)13-6-8(11(2,3)4)12-10(13)16/h7-8H,5-6H2,1-4H3,(H,12,16)(H,14,15). The minimum absolute atomic E-state index is 0.00659. The molecule has 0 aromatic rings. The fourth-order valence-corrected chi connectivity index (χ4v) is 1.79. The Hall–Kier alpha value is -1.26. The molecule has 0 spiro atoms. The van der Waals surface area contributed by atoms with E-state index in [4.69, 9.17) is 5.11 Å². The Morgan fingerprint density at radius 1 is 1.62 bits per heavy atom. The van der Waals surface area contributed by atoms with Crippen LogP contribution in [0.25, 0.3) is 0 Å². The number of carbonyl (C=O) groups is 2. The lowest BCUT2D eigenvalue weighted by Crippen LogP contribution is -2.38. The van der Waals surface area contributed by atoms with Crippen LogP contribution in [0.3, 0.4) is 0 Å². The Labute approximate surface area is 95.8 Å². The van der Waals surface area contributed by atoms with Crippen molar-refractivity contribution in [2.45, 2.75) is 46.2 Å².